The zero-order valence-electron chi connectivity index (χ0n) is 15.3. The lowest BCUT2D eigenvalue weighted by Gasteiger charge is -2.32. The Bertz CT molecular complexity index is 805. The van der Waals surface area contributed by atoms with Gasteiger partial charge in [-0.15, -0.1) is 0 Å². The molecule has 0 saturated carbocycles. The fourth-order valence-corrected chi connectivity index (χ4v) is 4.02. The molecule has 0 radical (unpaired) electrons. The minimum atomic E-state index is -0.305. The van der Waals surface area contributed by atoms with Gasteiger partial charge in [-0.1, -0.05) is 6.07 Å². The Morgan fingerprint density at radius 1 is 1.48 bits per heavy atom. The number of rotatable bonds is 4. The van der Waals surface area contributed by atoms with Gasteiger partial charge in [0.25, 0.3) is 5.91 Å². The summed E-state index contributed by atoms with van der Waals surface area (Å²) in [7, 11) is 1.47. The number of phenols is 1. The number of piperidine rings is 1. The normalized spacial score (nSPS) is 21.3. The molecule has 2 aliphatic rings. The molecule has 8 heteroatoms. The van der Waals surface area contributed by atoms with Gasteiger partial charge in [0, 0.05) is 13.1 Å². The highest BCUT2D eigenvalue weighted by molar-refractivity contribution is 8.18. The molecular weight excluding hydrogens is 368 g/mol. The van der Waals surface area contributed by atoms with Crippen molar-refractivity contribution in [1.82, 2.24) is 4.90 Å². The van der Waals surface area contributed by atoms with Gasteiger partial charge in [0.2, 0.25) is 0 Å². The molecule has 0 bridgehead atoms. The number of phenolic OH excluding ortho intramolecular Hbond substituents is 1. The van der Waals surface area contributed by atoms with Gasteiger partial charge in [-0.2, -0.15) is 4.99 Å². The number of ether oxygens (including phenoxy) is 2. The second-order valence-electron chi connectivity index (χ2n) is 6.28. The smallest absolute Gasteiger partial charge is 0.310 e. The summed E-state index contributed by atoms with van der Waals surface area (Å²) in [5, 5.41) is 10.3. The average Bonchev–Trinajstić information content (AvgIpc) is 3.04. The van der Waals surface area contributed by atoms with Crippen molar-refractivity contribution in [2.24, 2.45) is 10.9 Å². The maximum absolute atomic E-state index is 12.3. The number of thioether (sulfide) groups is 1. The van der Waals surface area contributed by atoms with E-state index in [-0.39, 0.29) is 23.5 Å². The van der Waals surface area contributed by atoms with Crippen molar-refractivity contribution in [3.05, 3.63) is 28.7 Å². The summed E-state index contributed by atoms with van der Waals surface area (Å²) in [5.41, 5.74) is 0.736. The molecule has 0 unspecified atom stereocenters. The predicted octanol–water partition coefficient (Wildman–Crippen LogP) is 2.65. The quantitative estimate of drug-likeness (QED) is 0.624. The van der Waals surface area contributed by atoms with Gasteiger partial charge in [0.05, 0.1) is 24.5 Å². The van der Waals surface area contributed by atoms with Crippen molar-refractivity contribution in [2.75, 3.05) is 26.8 Å². The molecule has 0 aliphatic carbocycles. The van der Waals surface area contributed by atoms with E-state index in [0.717, 1.165) is 24.9 Å². The highest BCUT2D eigenvalue weighted by Crippen LogP contribution is 2.34. The fraction of sp³-hybridized carbons (Fsp3) is 0.421. The Morgan fingerprint density at radius 2 is 2.30 bits per heavy atom. The van der Waals surface area contributed by atoms with E-state index in [1.807, 2.05) is 4.90 Å². The number of likely N-dealkylation sites (tertiary alicyclic amines) is 1. The first-order valence-electron chi connectivity index (χ1n) is 8.83. The van der Waals surface area contributed by atoms with Crippen LogP contribution in [0, 0.1) is 5.92 Å². The minimum absolute atomic E-state index is 0.0420. The highest BCUT2D eigenvalue weighted by Gasteiger charge is 2.32. The molecule has 0 aromatic heterocycles. The molecule has 3 rings (SSSR count). The van der Waals surface area contributed by atoms with Gasteiger partial charge < -0.3 is 19.5 Å². The van der Waals surface area contributed by atoms with Gasteiger partial charge >= 0.3 is 5.97 Å². The lowest BCUT2D eigenvalue weighted by atomic mass is 9.99. The molecule has 1 aromatic carbocycles. The zero-order valence-corrected chi connectivity index (χ0v) is 16.1. The third-order valence-electron chi connectivity index (χ3n) is 4.42. The molecule has 7 nitrogen and oxygen atoms in total. The average molecular weight is 390 g/mol. The molecule has 0 spiro atoms. The zero-order chi connectivity index (χ0) is 19.4. The third-order valence-corrected chi connectivity index (χ3v) is 5.47. The summed E-state index contributed by atoms with van der Waals surface area (Å²) < 4.78 is 10.2. The van der Waals surface area contributed by atoms with Crippen molar-refractivity contribution in [2.45, 2.75) is 19.8 Å². The van der Waals surface area contributed by atoms with E-state index < -0.39 is 0 Å². The summed E-state index contributed by atoms with van der Waals surface area (Å²) in [6.07, 6.45) is 3.36. The van der Waals surface area contributed by atoms with Crippen LogP contribution in [0.2, 0.25) is 0 Å². The number of carbonyl (C=O) groups excluding carboxylic acids is 2. The molecule has 1 amide bonds. The lowest BCUT2D eigenvalue weighted by molar-refractivity contribution is -0.149. The number of aromatic hydroxyl groups is 1. The van der Waals surface area contributed by atoms with Crippen LogP contribution in [0.4, 0.5) is 0 Å². The van der Waals surface area contributed by atoms with Crippen LogP contribution in [0.25, 0.3) is 6.08 Å². The van der Waals surface area contributed by atoms with Crippen molar-refractivity contribution < 1.29 is 24.2 Å². The fourth-order valence-electron chi connectivity index (χ4n) is 3.07. The van der Waals surface area contributed by atoms with Crippen LogP contribution in [0.15, 0.2) is 28.1 Å². The van der Waals surface area contributed by atoms with Gasteiger partial charge in [-0.25, -0.2) is 0 Å². The second kappa shape index (κ2) is 8.47. The molecule has 1 saturated heterocycles. The number of amides is 1. The summed E-state index contributed by atoms with van der Waals surface area (Å²) >= 11 is 1.30. The first-order chi connectivity index (χ1) is 13.0. The summed E-state index contributed by atoms with van der Waals surface area (Å²) in [4.78, 5) is 30.9. The van der Waals surface area contributed by atoms with Gasteiger partial charge in [-0.3, -0.25) is 9.59 Å². The van der Waals surface area contributed by atoms with E-state index in [2.05, 4.69) is 4.99 Å². The van der Waals surface area contributed by atoms with Crippen LogP contribution in [0.3, 0.4) is 0 Å². The SMILES string of the molecule is CCOC(=O)[C@@H]1CCCN(C2=NC(=O)/C(=C/c3ccc(O)c(OC)c3)S2)C1. The number of nitrogens with zero attached hydrogens (tertiary/aromatic N) is 2. The molecule has 1 atom stereocenters. The Kier molecular flexibility index (Phi) is 6.05. The van der Waals surface area contributed by atoms with Crippen LogP contribution in [0.1, 0.15) is 25.3 Å². The number of hydrogen-bond acceptors (Lipinski definition) is 7. The van der Waals surface area contributed by atoms with Crippen molar-refractivity contribution in [3.8, 4) is 11.5 Å². The minimum Gasteiger partial charge on any atom is -0.504 e. The number of methoxy groups -OCH3 is 1. The Labute approximate surface area is 162 Å². The summed E-state index contributed by atoms with van der Waals surface area (Å²) in [6, 6.07) is 4.88. The Hall–Kier alpha value is -2.48. The lowest BCUT2D eigenvalue weighted by Crippen LogP contribution is -2.41. The predicted molar refractivity (Wildman–Crippen MR) is 104 cm³/mol. The number of amidine groups is 1. The topological polar surface area (TPSA) is 88.4 Å². The Morgan fingerprint density at radius 3 is 3.04 bits per heavy atom. The van der Waals surface area contributed by atoms with E-state index in [1.165, 1.54) is 24.9 Å². The maximum Gasteiger partial charge on any atom is 0.310 e. The van der Waals surface area contributed by atoms with Crippen LogP contribution in [-0.2, 0) is 14.3 Å². The van der Waals surface area contributed by atoms with E-state index >= 15 is 0 Å². The molecule has 144 valence electrons. The number of benzene rings is 1. The molecule has 2 aliphatic heterocycles. The van der Waals surface area contributed by atoms with E-state index in [9.17, 15) is 14.7 Å². The number of aliphatic imine (C=N–C) groups is 1. The van der Waals surface area contributed by atoms with Gasteiger partial charge in [0.1, 0.15) is 0 Å². The number of hydrogen-bond donors (Lipinski definition) is 1. The Balaban J connectivity index is 1.71. The van der Waals surface area contributed by atoms with E-state index in [0.29, 0.717) is 29.0 Å². The number of carbonyl (C=O) groups is 2. The molecule has 2 heterocycles. The molecule has 1 N–H and O–H groups in total. The molecule has 1 aromatic rings. The first-order valence-corrected chi connectivity index (χ1v) is 9.64. The largest absolute Gasteiger partial charge is 0.504 e. The van der Waals surface area contributed by atoms with E-state index in [4.69, 9.17) is 9.47 Å². The van der Waals surface area contributed by atoms with Crippen LogP contribution >= 0.6 is 11.8 Å². The van der Waals surface area contributed by atoms with Crippen molar-refractivity contribution in [1.29, 1.82) is 0 Å². The summed E-state index contributed by atoms with van der Waals surface area (Å²) in [5.74, 6) is -0.301. The summed E-state index contributed by atoms with van der Waals surface area (Å²) in [6.45, 7) is 3.43. The third kappa shape index (κ3) is 4.44. The second-order valence-corrected chi connectivity index (χ2v) is 7.29. The maximum atomic E-state index is 12.3. The van der Waals surface area contributed by atoms with Gasteiger partial charge in [0.15, 0.2) is 16.7 Å². The van der Waals surface area contributed by atoms with E-state index in [1.54, 1.807) is 25.1 Å². The van der Waals surface area contributed by atoms with Crippen LogP contribution < -0.4 is 4.74 Å². The van der Waals surface area contributed by atoms with Gasteiger partial charge in [-0.05, 0) is 55.3 Å². The molecule has 1 fully saturated rings. The van der Waals surface area contributed by atoms with Crippen molar-refractivity contribution >= 4 is 34.9 Å². The molecular formula is C19H22N2O5S. The standard InChI is InChI=1S/C19H22N2O5S/c1-3-26-18(24)13-5-4-8-21(11-13)19-20-17(23)16(27-19)10-12-6-7-14(22)15(9-12)25-2/h6-7,9-10,13,22H,3-5,8,11H2,1-2H3/b16-10-/t13-/m1/s1. The van der Waals surface area contributed by atoms with Crippen molar-refractivity contribution in [3.63, 3.8) is 0 Å². The molecule has 27 heavy (non-hydrogen) atoms. The first kappa shape index (κ1) is 19.3. The van der Waals surface area contributed by atoms with Crippen LogP contribution in [-0.4, -0.2) is 53.9 Å². The highest BCUT2D eigenvalue weighted by atomic mass is 32.2. The monoisotopic (exact) mass is 390 g/mol. The number of esters is 1. The van der Waals surface area contributed by atoms with Crippen LogP contribution in [0.5, 0.6) is 11.5 Å².